The van der Waals surface area contributed by atoms with Crippen molar-refractivity contribution in [3.8, 4) is 23.0 Å². The van der Waals surface area contributed by atoms with Gasteiger partial charge >= 0.3 is 6.09 Å². The zero-order valence-corrected chi connectivity index (χ0v) is 20.2. The Bertz CT molecular complexity index is 1350. The number of carbonyl (C=O) groups is 1. The number of hydrogen-bond donors (Lipinski definition) is 0. The molecule has 1 fully saturated rings. The highest BCUT2D eigenvalue weighted by Gasteiger charge is 2.27. The van der Waals surface area contributed by atoms with E-state index in [1.54, 1.807) is 17.2 Å². The lowest BCUT2D eigenvalue weighted by atomic mass is 10.1. The third-order valence-electron chi connectivity index (χ3n) is 5.83. The van der Waals surface area contributed by atoms with Gasteiger partial charge in [0, 0.05) is 18.7 Å². The number of rotatable bonds is 7. The maximum atomic E-state index is 12.2. The Labute approximate surface area is 207 Å². The van der Waals surface area contributed by atoms with E-state index in [1.165, 1.54) is 11.1 Å². The molecule has 0 radical (unpaired) electrons. The second-order valence-electron chi connectivity index (χ2n) is 8.74. The van der Waals surface area contributed by atoms with Gasteiger partial charge in [0.1, 0.15) is 17.5 Å². The molecule has 12 heteroatoms. The van der Waals surface area contributed by atoms with Crippen LogP contribution in [0.15, 0.2) is 49.4 Å². The Morgan fingerprint density at radius 3 is 2.69 bits per heavy atom. The van der Waals surface area contributed by atoms with Crippen LogP contribution in [-0.4, -0.2) is 70.1 Å². The summed E-state index contributed by atoms with van der Waals surface area (Å²) in [6, 6.07) is 7.51. The molecule has 186 valence electrons. The van der Waals surface area contributed by atoms with E-state index in [4.69, 9.17) is 9.47 Å². The number of tetrazole rings is 1. The molecule has 0 saturated carbocycles. The molecule has 0 atom stereocenters. The standard InChI is InChI=1S/C24H27N9O3/c1-4-11-32-29-21(28-30-32)17-5-7-19(8-6-17)36-23-20-14-27-33(22(20)25-15-26-23)18-9-12-31(13-10-18)24(34)35-16(2)3/h4-8,14-16,18H,1,9-13H2,2-3H3. The van der Waals surface area contributed by atoms with Gasteiger partial charge in [-0.3, -0.25) is 0 Å². The number of aromatic nitrogens is 8. The molecule has 4 aromatic rings. The molecule has 0 N–H and O–H groups in total. The second kappa shape index (κ2) is 10.1. The molecule has 36 heavy (non-hydrogen) atoms. The van der Waals surface area contributed by atoms with E-state index in [2.05, 4.69) is 37.1 Å². The lowest BCUT2D eigenvalue weighted by Gasteiger charge is -2.31. The molecule has 1 amide bonds. The Hall–Kier alpha value is -4.35. The highest BCUT2D eigenvalue weighted by Crippen LogP contribution is 2.31. The number of benzene rings is 1. The molecular weight excluding hydrogens is 462 g/mol. The van der Waals surface area contributed by atoms with Gasteiger partial charge in [0.25, 0.3) is 0 Å². The van der Waals surface area contributed by atoms with Gasteiger partial charge in [0.15, 0.2) is 5.65 Å². The molecule has 12 nitrogen and oxygen atoms in total. The van der Waals surface area contributed by atoms with Gasteiger partial charge in [-0.2, -0.15) is 9.90 Å². The first kappa shape index (κ1) is 23.4. The topological polar surface area (TPSA) is 126 Å². The quantitative estimate of drug-likeness (QED) is 0.358. The highest BCUT2D eigenvalue weighted by atomic mass is 16.6. The number of ether oxygens (including phenoxy) is 2. The fraction of sp³-hybridized carbons (Fsp3) is 0.375. The Kier molecular flexibility index (Phi) is 6.56. The molecule has 0 bridgehead atoms. The Morgan fingerprint density at radius 1 is 1.19 bits per heavy atom. The SMILES string of the molecule is C=CCn1nnc(-c2ccc(Oc3ncnc4c3cnn4C3CCN(C(=O)OC(C)C)CC3)cc2)n1. The van der Waals surface area contributed by atoms with E-state index in [9.17, 15) is 4.79 Å². The molecule has 1 aliphatic rings. The van der Waals surface area contributed by atoms with Crippen LogP contribution in [0.1, 0.15) is 32.7 Å². The van der Waals surface area contributed by atoms with E-state index >= 15 is 0 Å². The minimum Gasteiger partial charge on any atom is -0.447 e. The molecule has 1 saturated heterocycles. The number of hydrogen-bond acceptors (Lipinski definition) is 9. The molecule has 0 aliphatic carbocycles. The van der Waals surface area contributed by atoms with Crippen LogP contribution in [0.2, 0.25) is 0 Å². The summed E-state index contributed by atoms with van der Waals surface area (Å²) in [6.45, 7) is 9.08. The summed E-state index contributed by atoms with van der Waals surface area (Å²) in [5, 5.41) is 17.7. The fourth-order valence-corrected chi connectivity index (χ4v) is 4.09. The van der Waals surface area contributed by atoms with Crippen LogP contribution in [0.4, 0.5) is 4.79 Å². The van der Waals surface area contributed by atoms with Gasteiger partial charge in [-0.1, -0.05) is 6.08 Å². The number of piperidine rings is 1. The summed E-state index contributed by atoms with van der Waals surface area (Å²) in [5.74, 6) is 1.56. The first-order valence-corrected chi connectivity index (χ1v) is 11.8. The average molecular weight is 490 g/mol. The minimum atomic E-state index is -0.269. The van der Waals surface area contributed by atoms with Crippen LogP contribution >= 0.6 is 0 Å². The summed E-state index contributed by atoms with van der Waals surface area (Å²) >= 11 is 0. The number of amides is 1. The van der Waals surface area contributed by atoms with Crippen LogP contribution in [0.25, 0.3) is 22.4 Å². The number of nitrogens with zero attached hydrogens (tertiary/aromatic N) is 9. The normalized spacial score (nSPS) is 14.4. The monoisotopic (exact) mass is 489 g/mol. The summed E-state index contributed by atoms with van der Waals surface area (Å²) < 4.78 is 13.3. The van der Waals surface area contributed by atoms with Crippen molar-refractivity contribution in [3.63, 3.8) is 0 Å². The van der Waals surface area contributed by atoms with Gasteiger partial charge in [0.2, 0.25) is 11.7 Å². The predicted molar refractivity (Wildman–Crippen MR) is 130 cm³/mol. The molecule has 3 aromatic heterocycles. The largest absolute Gasteiger partial charge is 0.447 e. The summed E-state index contributed by atoms with van der Waals surface area (Å²) in [5.41, 5.74) is 1.52. The smallest absolute Gasteiger partial charge is 0.410 e. The van der Waals surface area contributed by atoms with Crippen molar-refractivity contribution >= 4 is 17.1 Å². The van der Waals surface area contributed by atoms with E-state index in [0.717, 1.165) is 23.8 Å². The van der Waals surface area contributed by atoms with Crippen molar-refractivity contribution < 1.29 is 14.3 Å². The van der Waals surface area contributed by atoms with Gasteiger partial charge in [-0.25, -0.2) is 19.4 Å². The number of allylic oxidation sites excluding steroid dienone is 1. The van der Waals surface area contributed by atoms with Crippen molar-refractivity contribution in [2.24, 2.45) is 0 Å². The molecule has 1 aromatic carbocycles. The third-order valence-corrected chi connectivity index (χ3v) is 5.83. The minimum absolute atomic E-state index is 0.120. The average Bonchev–Trinajstić information content (AvgIpc) is 3.53. The first-order valence-electron chi connectivity index (χ1n) is 11.8. The highest BCUT2D eigenvalue weighted by molar-refractivity contribution is 5.80. The van der Waals surface area contributed by atoms with Crippen molar-refractivity contribution in [1.82, 2.24) is 44.9 Å². The molecule has 0 unspecified atom stereocenters. The van der Waals surface area contributed by atoms with E-state index in [1.807, 2.05) is 42.8 Å². The zero-order valence-electron chi connectivity index (χ0n) is 20.2. The number of likely N-dealkylation sites (tertiary alicyclic amines) is 1. The maximum Gasteiger partial charge on any atom is 0.410 e. The Balaban J connectivity index is 1.28. The van der Waals surface area contributed by atoms with Crippen LogP contribution < -0.4 is 4.74 Å². The summed E-state index contributed by atoms with van der Waals surface area (Å²) in [4.78, 5) is 24.2. The Morgan fingerprint density at radius 2 is 1.97 bits per heavy atom. The van der Waals surface area contributed by atoms with Crippen molar-refractivity contribution in [3.05, 3.63) is 49.4 Å². The third kappa shape index (κ3) is 4.88. The van der Waals surface area contributed by atoms with Crippen LogP contribution in [0, 0.1) is 0 Å². The molecule has 0 spiro atoms. The van der Waals surface area contributed by atoms with Crippen LogP contribution in [0.5, 0.6) is 11.6 Å². The van der Waals surface area contributed by atoms with Crippen LogP contribution in [-0.2, 0) is 11.3 Å². The molecule has 5 rings (SSSR count). The van der Waals surface area contributed by atoms with Crippen molar-refractivity contribution in [2.75, 3.05) is 13.1 Å². The van der Waals surface area contributed by atoms with Crippen molar-refractivity contribution in [2.45, 2.75) is 45.4 Å². The van der Waals surface area contributed by atoms with Gasteiger partial charge in [-0.15, -0.1) is 16.8 Å². The van der Waals surface area contributed by atoms with E-state index < -0.39 is 0 Å². The molecule has 4 heterocycles. The van der Waals surface area contributed by atoms with Crippen molar-refractivity contribution in [1.29, 1.82) is 0 Å². The zero-order chi connectivity index (χ0) is 25.1. The van der Waals surface area contributed by atoms with E-state index in [-0.39, 0.29) is 18.2 Å². The summed E-state index contributed by atoms with van der Waals surface area (Å²) in [6.07, 6.45) is 6.02. The summed E-state index contributed by atoms with van der Waals surface area (Å²) in [7, 11) is 0. The lowest BCUT2D eigenvalue weighted by Crippen LogP contribution is -2.40. The number of carbonyl (C=O) groups excluding carboxylic acids is 1. The predicted octanol–water partition coefficient (Wildman–Crippen LogP) is 3.64. The first-order chi connectivity index (χ1) is 17.5. The molecular formula is C24H27N9O3. The fourth-order valence-electron chi connectivity index (χ4n) is 4.09. The second-order valence-corrected chi connectivity index (χ2v) is 8.74. The molecule has 1 aliphatic heterocycles. The van der Waals surface area contributed by atoms with E-state index in [0.29, 0.717) is 42.7 Å². The lowest BCUT2D eigenvalue weighted by molar-refractivity contribution is 0.0656. The van der Waals surface area contributed by atoms with Gasteiger partial charge < -0.3 is 14.4 Å². The number of fused-ring (bicyclic) bond motifs is 1. The van der Waals surface area contributed by atoms with Gasteiger partial charge in [-0.05, 0) is 56.2 Å². The maximum absolute atomic E-state index is 12.2. The van der Waals surface area contributed by atoms with Gasteiger partial charge in [0.05, 0.1) is 24.9 Å². The van der Waals surface area contributed by atoms with Crippen LogP contribution in [0.3, 0.4) is 0 Å².